The second-order valence-electron chi connectivity index (χ2n) is 8.64. The lowest BCUT2D eigenvalue weighted by Gasteiger charge is -2.17. The van der Waals surface area contributed by atoms with Gasteiger partial charge in [0.2, 0.25) is 0 Å². The molecule has 1 aliphatic carbocycles. The Morgan fingerprint density at radius 2 is 1.54 bits per heavy atom. The van der Waals surface area contributed by atoms with E-state index in [1.54, 1.807) is 18.2 Å². The van der Waals surface area contributed by atoms with E-state index in [2.05, 4.69) is 53.1 Å². The van der Waals surface area contributed by atoms with Gasteiger partial charge in [0.15, 0.2) is 0 Å². The van der Waals surface area contributed by atoms with Gasteiger partial charge in [0.25, 0.3) is 5.69 Å². The molecule has 0 fully saturated rings. The maximum Gasteiger partial charge on any atom is 0.277 e. The maximum absolute atomic E-state index is 11.5. The quantitative estimate of drug-likeness (QED) is 0.180. The Kier molecular flexibility index (Phi) is 6.93. The number of allylic oxidation sites excluding steroid dienone is 1. The lowest BCUT2D eigenvalue weighted by molar-refractivity contribution is -0.384. The summed E-state index contributed by atoms with van der Waals surface area (Å²) >= 11 is 6.85. The van der Waals surface area contributed by atoms with Gasteiger partial charge in [0, 0.05) is 33.3 Å². The Morgan fingerprint density at radius 3 is 2.32 bits per heavy atom. The highest BCUT2D eigenvalue weighted by atomic mass is 35.5. The zero-order valence-corrected chi connectivity index (χ0v) is 21.6. The maximum atomic E-state index is 11.5. The molecular formula is C32H27ClN2O2. The van der Waals surface area contributed by atoms with Crippen LogP contribution in [0, 0.1) is 10.1 Å². The van der Waals surface area contributed by atoms with Gasteiger partial charge < -0.3 is 4.57 Å². The molecule has 0 radical (unpaired) electrons. The molecular weight excluding hydrogens is 480 g/mol. The first-order chi connectivity index (χ1) is 18.1. The minimum atomic E-state index is -0.361. The van der Waals surface area contributed by atoms with E-state index in [1.165, 1.54) is 28.2 Å². The van der Waals surface area contributed by atoms with Crippen LogP contribution in [-0.2, 0) is 6.42 Å². The first kappa shape index (κ1) is 24.5. The number of rotatable bonds is 4. The van der Waals surface area contributed by atoms with Gasteiger partial charge in [-0.25, -0.2) is 0 Å². The number of benzene rings is 4. The summed E-state index contributed by atoms with van der Waals surface area (Å²) in [6, 6.07) is 29.2. The van der Waals surface area contributed by atoms with Crippen molar-refractivity contribution < 1.29 is 4.92 Å². The summed E-state index contributed by atoms with van der Waals surface area (Å²) in [4.78, 5) is 11.2. The van der Waals surface area contributed by atoms with Gasteiger partial charge in [-0.1, -0.05) is 92.2 Å². The zero-order valence-electron chi connectivity index (χ0n) is 20.8. The molecule has 0 aliphatic heterocycles. The molecule has 0 saturated carbocycles. The molecule has 6 rings (SSSR count). The van der Waals surface area contributed by atoms with E-state index >= 15 is 0 Å². The average Bonchev–Trinajstić information content (AvgIpc) is 3.28. The predicted molar refractivity (Wildman–Crippen MR) is 155 cm³/mol. The van der Waals surface area contributed by atoms with Crippen LogP contribution in [0.1, 0.15) is 31.5 Å². The number of aromatic nitrogens is 1. The monoisotopic (exact) mass is 506 g/mol. The Morgan fingerprint density at radius 1 is 0.838 bits per heavy atom. The third-order valence-corrected chi connectivity index (χ3v) is 6.99. The van der Waals surface area contributed by atoms with Crippen LogP contribution in [0.5, 0.6) is 0 Å². The molecule has 37 heavy (non-hydrogen) atoms. The molecule has 0 bridgehead atoms. The van der Waals surface area contributed by atoms with Crippen LogP contribution >= 0.6 is 11.6 Å². The molecule has 0 amide bonds. The van der Waals surface area contributed by atoms with Crippen LogP contribution in [0.15, 0.2) is 97.1 Å². The number of nitro benzene ring substituents is 1. The molecule has 1 heterocycles. The summed E-state index contributed by atoms with van der Waals surface area (Å²) < 4.78 is 2.32. The number of fused-ring (bicyclic) bond motifs is 3. The standard InChI is InChI=1S/C30H21ClN2O2.C2H6/c31-26-19-20(21-9-1-8-16-30(21)33(34)35)17-18-22(26)23-10-2-5-13-27(23)32-28-14-6-3-11-24(28)25-12-4-7-15-29(25)32;1-2/h1-3,5-11,13-19H,4,12H2;1-2H3. The van der Waals surface area contributed by atoms with Gasteiger partial charge >= 0.3 is 0 Å². The average molecular weight is 507 g/mol. The van der Waals surface area contributed by atoms with Gasteiger partial charge in [0.05, 0.1) is 21.7 Å². The van der Waals surface area contributed by atoms with Crippen molar-refractivity contribution >= 4 is 34.3 Å². The number of para-hydroxylation sites is 3. The Hall–Kier alpha value is -4.15. The van der Waals surface area contributed by atoms with E-state index in [1.807, 2.05) is 44.2 Å². The van der Waals surface area contributed by atoms with E-state index in [4.69, 9.17) is 11.6 Å². The van der Waals surface area contributed by atoms with Gasteiger partial charge in [-0.15, -0.1) is 0 Å². The molecule has 1 aliphatic rings. The van der Waals surface area contributed by atoms with Crippen molar-refractivity contribution in [3.8, 4) is 27.9 Å². The number of hydrogen-bond donors (Lipinski definition) is 0. The molecule has 0 unspecified atom stereocenters. The molecule has 0 saturated heterocycles. The minimum absolute atomic E-state index is 0.0638. The summed E-state index contributed by atoms with van der Waals surface area (Å²) in [5.41, 5.74) is 8.03. The summed E-state index contributed by atoms with van der Waals surface area (Å²) in [6.07, 6.45) is 6.51. The fourth-order valence-electron chi connectivity index (χ4n) is 5.12. The van der Waals surface area contributed by atoms with Crippen molar-refractivity contribution in [2.24, 2.45) is 0 Å². The Bertz CT molecular complexity index is 1650. The highest BCUT2D eigenvalue weighted by Gasteiger charge is 2.21. The van der Waals surface area contributed by atoms with Gasteiger partial charge in [-0.2, -0.15) is 0 Å². The number of hydrogen-bond acceptors (Lipinski definition) is 2. The fraction of sp³-hybridized carbons (Fsp3) is 0.125. The first-order valence-corrected chi connectivity index (χ1v) is 12.9. The van der Waals surface area contributed by atoms with Crippen LogP contribution in [0.25, 0.3) is 44.9 Å². The Balaban J connectivity index is 0.00000137. The fourth-order valence-corrected chi connectivity index (χ4v) is 5.40. The van der Waals surface area contributed by atoms with E-state index in [9.17, 15) is 10.1 Å². The van der Waals surface area contributed by atoms with E-state index < -0.39 is 0 Å². The lowest BCUT2D eigenvalue weighted by atomic mass is 9.98. The second-order valence-corrected chi connectivity index (χ2v) is 9.05. The third kappa shape index (κ3) is 4.34. The largest absolute Gasteiger partial charge is 0.309 e. The first-order valence-electron chi connectivity index (χ1n) is 12.6. The molecule has 5 aromatic rings. The predicted octanol–water partition coefficient (Wildman–Crippen LogP) is 9.51. The summed E-state index contributed by atoms with van der Waals surface area (Å²) in [7, 11) is 0. The number of nitro groups is 1. The summed E-state index contributed by atoms with van der Waals surface area (Å²) in [5, 5.41) is 13.4. The summed E-state index contributed by atoms with van der Waals surface area (Å²) in [5.74, 6) is 0. The van der Waals surface area contributed by atoms with Crippen LogP contribution in [0.3, 0.4) is 0 Å². The molecule has 0 atom stereocenters. The SMILES string of the molecule is CC.O=[N+]([O-])c1ccccc1-c1ccc(-c2ccccc2-n2c3c(c4ccccc42)CCC=C3)c(Cl)c1. The highest BCUT2D eigenvalue weighted by molar-refractivity contribution is 6.33. The molecule has 0 spiro atoms. The summed E-state index contributed by atoms with van der Waals surface area (Å²) in [6.45, 7) is 4.00. The molecule has 0 N–H and O–H groups in total. The van der Waals surface area contributed by atoms with Crippen molar-refractivity contribution in [2.45, 2.75) is 26.7 Å². The molecule has 1 aromatic heterocycles. The van der Waals surface area contributed by atoms with Gasteiger partial charge in [-0.3, -0.25) is 10.1 Å². The highest BCUT2D eigenvalue weighted by Crippen LogP contribution is 2.40. The Labute approximate surface area is 221 Å². The lowest BCUT2D eigenvalue weighted by Crippen LogP contribution is -2.02. The van der Waals surface area contributed by atoms with Crippen LogP contribution in [0.4, 0.5) is 5.69 Å². The topological polar surface area (TPSA) is 48.1 Å². The van der Waals surface area contributed by atoms with E-state index in [-0.39, 0.29) is 10.6 Å². The van der Waals surface area contributed by atoms with E-state index in [0.717, 1.165) is 35.2 Å². The van der Waals surface area contributed by atoms with Crippen molar-refractivity contribution in [2.75, 3.05) is 0 Å². The van der Waals surface area contributed by atoms with Gasteiger partial charge in [0.1, 0.15) is 0 Å². The number of aryl methyl sites for hydroxylation is 1. The smallest absolute Gasteiger partial charge is 0.277 e. The van der Waals surface area contributed by atoms with Crippen molar-refractivity contribution in [3.63, 3.8) is 0 Å². The van der Waals surface area contributed by atoms with Crippen LogP contribution < -0.4 is 0 Å². The van der Waals surface area contributed by atoms with Crippen molar-refractivity contribution in [3.05, 3.63) is 123 Å². The molecule has 5 heteroatoms. The molecule has 184 valence electrons. The normalized spacial score (nSPS) is 12.1. The van der Waals surface area contributed by atoms with Crippen molar-refractivity contribution in [1.82, 2.24) is 4.57 Å². The minimum Gasteiger partial charge on any atom is -0.309 e. The molecule has 4 nitrogen and oxygen atoms in total. The third-order valence-electron chi connectivity index (χ3n) is 6.67. The number of halogens is 1. The van der Waals surface area contributed by atoms with Crippen LogP contribution in [-0.4, -0.2) is 9.49 Å². The molecule has 4 aromatic carbocycles. The van der Waals surface area contributed by atoms with Gasteiger partial charge in [-0.05, 0) is 54.3 Å². The zero-order chi connectivity index (χ0) is 25.9. The van der Waals surface area contributed by atoms with Crippen LogP contribution in [0.2, 0.25) is 5.02 Å². The second kappa shape index (κ2) is 10.5. The van der Waals surface area contributed by atoms with Crippen molar-refractivity contribution in [1.29, 1.82) is 0 Å². The number of nitrogens with zero attached hydrogens (tertiary/aromatic N) is 2. The van der Waals surface area contributed by atoms with E-state index in [0.29, 0.717) is 10.6 Å².